The fourth-order valence-corrected chi connectivity index (χ4v) is 4.49. The van der Waals surface area contributed by atoms with Crippen LogP contribution in [0, 0.1) is 23.7 Å². The predicted molar refractivity (Wildman–Crippen MR) is 87.4 cm³/mol. The van der Waals surface area contributed by atoms with Crippen LogP contribution in [0.15, 0.2) is 65.8 Å². The number of hydrogen-bond donors (Lipinski definition) is 0. The van der Waals surface area contributed by atoms with E-state index in [0.29, 0.717) is 17.5 Å². The highest BCUT2D eigenvalue weighted by Gasteiger charge is 2.49. The van der Waals surface area contributed by atoms with E-state index < -0.39 is 0 Å². The minimum atomic E-state index is -0.325. The van der Waals surface area contributed by atoms with E-state index in [4.69, 9.17) is 0 Å². The van der Waals surface area contributed by atoms with Gasteiger partial charge in [-0.2, -0.15) is 0 Å². The molecular formula is C20H17NO2. The van der Waals surface area contributed by atoms with Crippen molar-refractivity contribution in [2.75, 3.05) is 4.90 Å². The first-order valence-corrected chi connectivity index (χ1v) is 8.29. The van der Waals surface area contributed by atoms with Crippen molar-refractivity contribution in [3.05, 3.63) is 65.8 Å². The molecule has 5 aliphatic rings. The highest BCUT2D eigenvalue weighted by molar-refractivity contribution is 6.23. The second-order valence-corrected chi connectivity index (χ2v) is 6.82. The summed E-state index contributed by atoms with van der Waals surface area (Å²) in [6, 6.07) is 9.26. The molecule has 0 N–H and O–H groups in total. The third kappa shape index (κ3) is 1.70. The van der Waals surface area contributed by atoms with Crippen molar-refractivity contribution >= 4 is 17.5 Å². The number of rotatable bonds is 1. The van der Waals surface area contributed by atoms with Crippen LogP contribution in [0.25, 0.3) is 0 Å². The van der Waals surface area contributed by atoms with Crippen molar-refractivity contribution < 1.29 is 9.59 Å². The zero-order valence-electron chi connectivity index (χ0n) is 12.7. The first-order chi connectivity index (χ1) is 11.2. The van der Waals surface area contributed by atoms with Crippen molar-refractivity contribution in [1.29, 1.82) is 0 Å². The molecule has 3 nitrogen and oxygen atoms in total. The summed E-state index contributed by atoms with van der Waals surface area (Å²) in [5.74, 6) is 0.0454. The molecule has 1 aromatic carbocycles. The smallest absolute Gasteiger partial charge is 0.241 e. The van der Waals surface area contributed by atoms with Gasteiger partial charge >= 0.3 is 0 Å². The van der Waals surface area contributed by atoms with E-state index in [1.807, 2.05) is 30.3 Å². The van der Waals surface area contributed by atoms with Gasteiger partial charge in [0.05, 0.1) is 17.5 Å². The highest BCUT2D eigenvalue weighted by Crippen LogP contribution is 2.49. The van der Waals surface area contributed by atoms with Crippen LogP contribution in [0.4, 0.5) is 5.69 Å². The molecule has 2 fully saturated rings. The van der Waals surface area contributed by atoms with Crippen LogP contribution in [-0.4, -0.2) is 11.8 Å². The van der Waals surface area contributed by atoms with E-state index >= 15 is 0 Å². The van der Waals surface area contributed by atoms with Crippen molar-refractivity contribution in [1.82, 2.24) is 0 Å². The van der Waals surface area contributed by atoms with Gasteiger partial charge in [-0.25, -0.2) is 4.90 Å². The fraction of sp³-hybridized carbons (Fsp3) is 0.300. The Kier molecular flexibility index (Phi) is 2.58. The van der Waals surface area contributed by atoms with Crippen molar-refractivity contribution in [2.45, 2.75) is 12.8 Å². The lowest BCUT2D eigenvalue weighted by atomic mass is 9.65. The molecule has 23 heavy (non-hydrogen) atoms. The number of para-hydroxylation sites is 1. The third-order valence-corrected chi connectivity index (χ3v) is 5.63. The Morgan fingerprint density at radius 1 is 0.783 bits per heavy atom. The second-order valence-electron chi connectivity index (χ2n) is 6.82. The minimum absolute atomic E-state index is 0.0839. The molecule has 0 spiro atoms. The molecule has 1 aliphatic heterocycles. The van der Waals surface area contributed by atoms with Gasteiger partial charge in [0.1, 0.15) is 0 Å². The van der Waals surface area contributed by atoms with E-state index in [9.17, 15) is 9.59 Å². The summed E-state index contributed by atoms with van der Waals surface area (Å²) in [6.07, 6.45) is 11.0. The number of carbonyl (C=O) groups excluding carboxylic acids is 2. The lowest BCUT2D eigenvalue weighted by Gasteiger charge is -2.39. The van der Waals surface area contributed by atoms with Gasteiger partial charge in [0.2, 0.25) is 11.8 Å². The van der Waals surface area contributed by atoms with Crippen LogP contribution in [0.5, 0.6) is 0 Å². The fourth-order valence-electron chi connectivity index (χ4n) is 4.49. The Morgan fingerprint density at radius 2 is 1.30 bits per heavy atom. The molecule has 1 saturated carbocycles. The average Bonchev–Trinajstić information content (AvgIpc) is 2.86. The molecule has 1 heterocycles. The third-order valence-electron chi connectivity index (χ3n) is 5.63. The van der Waals surface area contributed by atoms with Crippen LogP contribution in [0.2, 0.25) is 0 Å². The quantitative estimate of drug-likeness (QED) is 0.590. The number of hydrogen-bond acceptors (Lipinski definition) is 2. The number of fused-ring (bicyclic) bond motifs is 2. The van der Waals surface area contributed by atoms with Crippen LogP contribution < -0.4 is 4.90 Å². The number of anilines is 1. The topological polar surface area (TPSA) is 37.4 Å². The summed E-state index contributed by atoms with van der Waals surface area (Å²) in [6.45, 7) is 0. The average molecular weight is 303 g/mol. The molecule has 2 bridgehead atoms. The van der Waals surface area contributed by atoms with E-state index in [0.717, 1.165) is 12.8 Å². The standard InChI is InChI=1S/C20H17NO2/c22-19-17-10-15-12-6-7-13(9-8-12)16(15)11-18(17)20(23)21(19)14-4-2-1-3-5-14/h1-7,10-13,17-18H,8-9H2/t12-,13+,17?,18?. The Balaban J connectivity index is 1.59. The van der Waals surface area contributed by atoms with Crippen molar-refractivity contribution in [3.63, 3.8) is 0 Å². The molecule has 1 aromatic rings. The van der Waals surface area contributed by atoms with Gasteiger partial charge in [-0.05, 0) is 36.1 Å². The molecule has 114 valence electrons. The molecule has 0 radical (unpaired) electrons. The van der Waals surface area contributed by atoms with Gasteiger partial charge in [-0.3, -0.25) is 9.59 Å². The van der Waals surface area contributed by atoms with Gasteiger partial charge in [-0.15, -0.1) is 0 Å². The Bertz CT molecular complexity index is 754. The largest absolute Gasteiger partial charge is 0.273 e. The highest BCUT2D eigenvalue weighted by atomic mass is 16.2. The lowest BCUT2D eigenvalue weighted by Crippen LogP contribution is -2.30. The van der Waals surface area contributed by atoms with Crippen LogP contribution in [-0.2, 0) is 9.59 Å². The number of benzene rings is 1. The SMILES string of the molecule is O=C1C2C=C3C(=CC2C(=O)N1c1ccccc1)[C@H]1C=C[C@@H]3CC1. The van der Waals surface area contributed by atoms with E-state index in [2.05, 4.69) is 24.3 Å². The molecule has 4 aliphatic carbocycles. The van der Waals surface area contributed by atoms with Crippen LogP contribution in [0.3, 0.4) is 0 Å². The van der Waals surface area contributed by atoms with Crippen LogP contribution in [0.1, 0.15) is 12.8 Å². The molecule has 4 atom stereocenters. The van der Waals surface area contributed by atoms with E-state index in [1.54, 1.807) is 0 Å². The minimum Gasteiger partial charge on any atom is -0.273 e. The molecular weight excluding hydrogens is 286 g/mol. The maximum Gasteiger partial charge on any atom is 0.241 e. The Labute approximate surface area is 135 Å². The summed E-state index contributed by atoms with van der Waals surface area (Å²) in [5.41, 5.74) is 3.26. The van der Waals surface area contributed by atoms with Crippen molar-refractivity contribution in [3.8, 4) is 0 Å². The zero-order valence-corrected chi connectivity index (χ0v) is 12.7. The zero-order chi connectivity index (χ0) is 15.6. The van der Waals surface area contributed by atoms with Gasteiger partial charge in [0.15, 0.2) is 0 Å². The van der Waals surface area contributed by atoms with Gasteiger partial charge < -0.3 is 0 Å². The predicted octanol–water partition coefficient (Wildman–Crippen LogP) is 3.25. The monoisotopic (exact) mass is 303 g/mol. The summed E-state index contributed by atoms with van der Waals surface area (Å²) in [5, 5.41) is 0. The van der Waals surface area contributed by atoms with E-state index in [1.165, 1.54) is 16.0 Å². The molecule has 1 saturated heterocycles. The Morgan fingerprint density at radius 3 is 1.78 bits per heavy atom. The first-order valence-electron chi connectivity index (χ1n) is 8.29. The van der Waals surface area contributed by atoms with Gasteiger partial charge in [0, 0.05) is 11.8 Å². The number of carbonyl (C=O) groups is 2. The summed E-state index contributed by atoms with van der Waals surface area (Å²) in [4.78, 5) is 27.1. The normalized spacial score (nSPS) is 34.2. The number of nitrogens with zero attached hydrogens (tertiary/aromatic N) is 1. The number of allylic oxidation sites excluding steroid dienone is 4. The molecule has 0 aromatic heterocycles. The maximum absolute atomic E-state index is 12.8. The van der Waals surface area contributed by atoms with Gasteiger partial charge in [0.25, 0.3) is 0 Å². The summed E-state index contributed by atoms with van der Waals surface area (Å²) in [7, 11) is 0. The Hall–Kier alpha value is -2.42. The van der Waals surface area contributed by atoms with E-state index in [-0.39, 0.29) is 23.7 Å². The molecule has 2 unspecified atom stereocenters. The molecule has 2 amide bonds. The maximum atomic E-state index is 12.8. The lowest BCUT2D eigenvalue weighted by molar-refractivity contribution is -0.122. The van der Waals surface area contributed by atoms with Gasteiger partial charge in [-0.1, -0.05) is 42.5 Å². The number of imide groups is 1. The molecule has 6 rings (SSSR count). The van der Waals surface area contributed by atoms with Crippen LogP contribution >= 0.6 is 0 Å². The van der Waals surface area contributed by atoms with Crippen molar-refractivity contribution in [2.24, 2.45) is 23.7 Å². The summed E-state index contributed by atoms with van der Waals surface area (Å²) >= 11 is 0. The summed E-state index contributed by atoms with van der Waals surface area (Å²) < 4.78 is 0. The first kappa shape index (κ1) is 13.1. The molecule has 3 heteroatoms. The second kappa shape index (κ2) is 4.54. The number of amides is 2.